The van der Waals surface area contributed by atoms with Crippen molar-refractivity contribution >= 4 is 26.8 Å². The lowest BCUT2D eigenvalue weighted by Crippen LogP contribution is -2.47. The smallest absolute Gasteiger partial charge is 0.221 e. The average Bonchev–Trinajstić information content (AvgIpc) is 3.33. The first-order valence-corrected chi connectivity index (χ1v) is 14.8. The average molecular weight is 524 g/mol. The van der Waals surface area contributed by atoms with Gasteiger partial charge in [-0.3, -0.25) is 9.69 Å². The van der Waals surface area contributed by atoms with E-state index in [1.165, 1.54) is 5.56 Å². The predicted molar refractivity (Wildman–Crippen MR) is 148 cm³/mol. The molecule has 0 bridgehead atoms. The molecule has 0 radical (unpaired) electrons. The second kappa shape index (κ2) is 10.9. The van der Waals surface area contributed by atoms with Gasteiger partial charge >= 0.3 is 0 Å². The Morgan fingerprint density at radius 2 is 1.70 bits per heavy atom. The summed E-state index contributed by atoms with van der Waals surface area (Å²) in [5.74, 6) is 0.0776. The first kappa shape index (κ1) is 25.9. The van der Waals surface area contributed by atoms with Gasteiger partial charge in [-0.15, -0.1) is 0 Å². The zero-order valence-electron chi connectivity index (χ0n) is 21.5. The lowest BCUT2D eigenvalue weighted by molar-refractivity contribution is -0.117. The Kier molecular flexibility index (Phi) is 7.67. The number of aromatic amines is 1. The third-order valence-electron chi connectivity index (χ3n) is 7.92. The molecule has 1 amide bonds. The van der Waals surface area contributed by atoms with Crippen molar-refractivity contribution in [2.75, 3.05) is 58.6 Å². The molecule has 0 spiro atoms. The number of nitrogens with one attached hydrogen (secondary N) is 1. The van der Waals surface area contributed by atoms with Crippen LogP contribution in [-0.4, -0.2) is 92.0 Å². The zero-order valence-corrected chi connectivity index (χ0v) is 22.3. The van der Waals surface area contributed by atoms with Gasteiger partial charge in [0, 0.05) is 62.9 Å². The van der Waals surface area contributed by atoms with Crippen LogP contribution in [0.5, 0.6) is 0 Å². The predicted octanol–water partition coefficient (Wildman–Crippen LogP) is 2.62. The summed E-state index contributed by atoms with van der Waals surface area (Å²) in [6, 6.07) is 14.3. The van der Waals surface area contributed by atoms with E-state index in [4.69, 9.17) is 5.73 Å². The number of piperidine rings is 1. The highest BCUT2D eigenvalue weighted by atomic mass is 32.2. The van der Waals surface area contributed by atoms with Crippen molar-refractivity contribution in [3.8, 4) is 11.1 Å². The summed E-state index contributed by atoms with van der Waals surface area (Å²) in [6.07, 6.45) is 3.76. The number of aromatic nitrogens is 1. The number of benzene rings is 2. The van der Waals surface area contributed by atoms with Crippen LogP contribution < -0.4 is 5.73 Å². The number of rotatable bonds is 8. The molecule has 5 rings (SSSR count). The quantitative estimate of drug-likeness (QED) is 0.473. The van der Waals surface area contributed by atoms with E-state index < -0.39 is 10.0 Å². The number of nitrogens with zero attached hydrogens (tertiary/aromatic N) is 3. The number of primary amides is 1. The molecule has 3 N–H and O–H groups in total. The maximum absolute atomic E-state index is 13.1. The SMILES string of the molecule is CN1CCN(CCS(=O)(=O)N2CCC(c3c[nH]c4c(CC(N)=O)cc(-c5ccccc5)cc34)CC2)CC1. The van der Waals surface area contributed by atoms with Gasteiger partial charge in [-0.2, -0.15) is 0 Å². The molecule has 2 aliphatic heterocycles. The number of hydrogen-bond acceptors (Lipinski definition) is 5. The summed E-state index contributed by atoms with van der Waals surface area (Å²) < 4.78 is 27.9. The Labute approximate surface area is 219 Å². The minimum atomic E-state index is -3.28. The molecule has 1 aromatic heterocycles. The summed E-state index contributed by atoms with van der Waals surface area (Å²) in [5.41, 5.74) is 10.7. The van der Waals surface area contributed by atoms with Crippen LogP contribution in [0.15, 0.2) is 48.7 Å². The van der Waals surface area contributed by atoms with Gasteiger partial charge in [0.15, 0.2) is 0 Å². The van der Waals surface area contributed by atoms with E-state index in [0.29, 0.717) is 19.6 Å². The molecule has 8 nitrogen and oxygen atoms in total. The van der Waals surface area contributed by atoms with Crippen molar-refractivity contribution in [3.05, 3.63) is 59.8 Å². The van der Waals surface area contributed by atoms with Gasteiger partial charge in [0.2, 0.25) is 15.9 Å². The van der Waals surface area contributed by atoms with Gasteiger partial charge in [0.1, 0.15) is 0 Å². The van der Waals surface area contributed by atoms with Crippen molar-refractivity contribution in [2.45, 2.75) is 25.2 Å². The van der Waals surface area contributed by atoms with Crippen LogP contribution in [0.2, 0.25) is 0 Å². The van der Waals surface area contributed by atoms with E-state index >= 15 is 0 Å². The number of sulfonamides is 1. The highest BCUT2D eigenvalue weighted by Crippen LogP contribution is 2.37. The molecule has 3 heterocycles. The van der Waals surface area contributed by atoms with Crippen LogP contribution in [0.3, 0.4) is 0 Å². The Morgan fingerprint density at radius 1 is 1.00 bits per heavy atom. The molecule has 198 valence electrons. The second-order valence-corrected chi connectivity index (χ2v) is 12.5. The third kappa shape index (κ3) is 5.90. The van der Waals surface area contributed by atoms with Crippen LogP contribution in [0, 0.1) is 0 Å². The second-order valence-electron chi connectivity index (χ2n) is 10.4. The molecule has 0 atom stereocenters. The van der Waals surface area contributed by atoms with Gasteiger partial charge < -0.3 is 15.6 Å². The Morgan fingerprint density at radius 3 is 2.38 bits per heavy atom. The molecule has 9 heteroatoms. The van der Waals surface area contributed by atoms with Crippen LogP contribution >= 0.6 is 0 Å². The molecule has 0 saturated carbocycles. The number of fused-ring (bicyclic) bond motifs is 1. The first-order chi connectivity index (χ1) is 17.8. The fourth-order valence-corrected chi connectivity index (χ4v) is 7.19. The molecule has 2 fully saturated rings. The molecular weight excluding hydrogens is 486 g/mol. The van der Waals surface area contributed by atoms with Gasteiger partial charge in [-0.1, -0.05) is 30.3 Å². The van der Waals surface area contributed by atoms with Crippen molar-refractivity contribution in [1.29, 1.82) is 0 Å². The fourth-order valence-electron chi connectivity index (χ4n) is 5.68. The number of carbonyl (C=O) groups excluding carboxylic acids is 1. The summed E-state index contributed by atoms with van der Waals surface area (Å²) >= 11 is 0. The lowest BCUT2D eigenvalue weighted by atomic mass is 9.88. The highest BCUT2D eigenvalue weighted by molar-refractivity contribution is 7.89. The van der Waals surface area contributed by atoms with E-state index in [-0.39, 0.29) is 24.0 Å². The number of H-pyrrole nitrogens is 1. The van der Waals surface area contributed by atoms with E-state index in [1.807, 2.05) is 30.5 Å². The first-order valence-electron chi connectivity index (χ1n) is 13.2. The number of nitrogens with two attached hydrogens (primary N) is 1. The lowest BCUT2D eigenvalue weighted by Gasteiger charge is -2.34. The van der Waals surface area contributed by atoms with Crippen LogP contribution in [0.4, 0.5) is 0 Å². The number of amides is 1. The molecule has 2 aliphatic rings. The summed E-state index contributed by atoms with van der Waals surface area (Å²) in [5, 5.41) is 1.09. The van der Waals surface area contributed by atoms with Gasteiger partial charge in [-0.05, 0) is 60.2 Å². The maximum Gasteiger partial charge on any atom is 0.221 e. The van der Waals surface area contributed by atoms with Gasteiger partial charge in [0.25, 0.3) is 0 Å². The Balaban J connectivity index is 1.31. The zero-order chi connectivity index (χ0) is 26.0. The number of likely N-dealkylation sites (N-methyl/N-ethyl adjacent to an activating group) is 1. The largest absolute Gasteiger partial charge is 0.369 e. The standard InChI is InChI=1S/C28H37N5O3S/c1-31-11-13-32(14-12-31)15-16-37(35,36)33-9-7-22(8-10-33)26-20-30-28-24(19-27(29)34)17-23(18-25(26)28)21-5-3-2-4-6-21/h2-6,17-18,20,22,30H,7-16,19H2,1H3,(H2,29,34). The van der Waals surface area contributed by atoms with Crippen LogP contribution in [-0.2, 0) is 21.2 Å². The molecule has 0 unspecified atom stereocenters. The highest BCUT2D eigenvalue weighted by Gasteiger charge is 2.30. The number of piperazine rings is 1. The van der Waals surface area contributed by atoms with Crippen molar-refractivity contribution < 1.29 is 13.2 Å². The molecular formula is C28H37N5O3S. The monoisotopic (exact) mass is 523 g/mol. The number of carbonyl (C=O) groups is 1. The van der Waals surface area contributed by atoms with E-state index in [9.17, 15) is 13.2 Å². The van der Waals surface area contributed by atoms with E-state index in [2.05, 4.69) is 40.0 Å². The Bertz CT molecular complexity index is 1340. The van der Waals surface area contributed by atoms with E-state index in [0.717, 1.165) is 66.6 Å². The molecule has 2 saturated heterocycles. The van der Waals surface area contributed by atoms with Gasteiger partial charge in [0.05, 0.1) is 12.2 Å². The van der Waals surface area contributed by atoms with Crippen molar-refractivity contribution in [3.63, 3.8) is 0 Å². The number of hydrogen-bond donors (Lipinski definition) is 2. The maximum atomic E-state index is 13.1. The molecule has 37 heavy (non-hydrogen) atoms. The minimum absolute atomic E-state index is 0.168. The van der Waals surface area contributed by atoms with Crippen LogP contribution in [0.1, 0.15) is 29.9 Å². The fraction of sp³-hybridized carbons (Fsp3) is 0.464. The molecule has 3 aromatic rings. The van der Waals surface area contributed by atoms with Crippen molar-refractivity contribution in [1.82, 2.24) is 19.1 Å². The third-order valence-corrected chi connectivity index (χ3v) is 9.77. The summed E-state index contributed by atoms with van der Waals surface area (Å²) in [4.78, 5) is 19.7. The summed E-state index contributed by atoms with van der Waals surface area (Å²) in [6.45, 7) is 5.51. The molecule has 0 aliphatic carbocycles. The topological polar surface area (TPSA) is 103 Å². The van der Waals surface area contributed by atoms with Crippen LogP contribution in [0.25, 0.3) is 22.0 Å². The minimum Gasteiger partial charge on any atom is -0.369 e. The normalized spacial score (nSPS) is 18.9. The Hall–Kier alpha value is -2.72. The molecule has 2 aromatic carbocycles. The van der Waals surface area contributed by atoms with Crippen molar-refractivity contribution in [2.24, 2.45) is 5.73 Å². The summed E-state index contributed by atoms with van der Waals surface area (Å²) in [7, 11) is -1.17. The van der Waals surface area contributed by atoms with E-state index in [1.54, 1.807) is 4.31 Å². The van der Waals surface area contributed by atoms with Gasteiger partial charge in [-0.25, -0.2) is 12.7 Å².